The molecule has 1 atom stereocenters. The van der Waals surface area contributed by atoms with Gasteiger partial charge in [-0.1, -0.05) is 0 Å². The van der Waals surface area contributed by atoms with E-state index in [1.54, 1.807) is 11.3 Å². The van der Waals surface area contributed by atoms with Crippen molar-refractivity contribution in [1.82, 2.24) is 14.3 Å². The summed E-state index contributed by atoms with van der Waals surface area (Å²) in [5, 5.41) is 2.06. The molecule has 1 aliphatic heterocycles. The summed E-state index contributed by atoms with van der Waals surface area (Å²) in [5.41, 5.74) is 7.62. The summed E-state index contributed by atoms with van der Waals surface area (Å²) < 4.78 is 2.08. The van der Waals surface area contributed by atoms with Crippen molar-refractivity contribution in [2.24, 2.45) is 5.73 Å². The van der Waals surface area contributed by atoms with Gasteiger partial charge in [-0.3, -0.25) is 9.30 Å². The molecule has 1 fully saturated rings. The molecule has 2 aromatic rings. The highest BCUT2D eigenvalue weighted by molar-refractivity contribution is 7.15. The van der Waals surface area contributed by atoms with Crippen LogP contribution < -0.4 is 5.73 Å². The molecule has 2 aromatic heterocycles. The molecule has 19 heavy (non-hydrogen) atoms. The normalized spacial score (nSPS) is 19.3. The predicted molar refractivity (Wildman–Crippen MR) is 79.6 cm³/mol. The van der Waals surface area contributed by atoms with Gasteiger partial charge in [0.15, 0.2) is 4.96 Å². The van der Waals surface area contributed by atoms with Crippen molar-refractivity contribution in [2.45, 2.75) is 44.7 Å². The second kappa shape index (κ2) is 4.89. The van der Waals surface area contributed by atoms with E-state index in [-0.39, 0.29) is 11.6 Å². The first-order valence-electron chi connectivity index (χ1n) is 6.99. The van der Waals surface area contributed by atoms with Crippen LogP contribution >= 0.6 is 11.3 Å². The Labute approximate surface area is 118 Å². The molecule has 104 valence electrons. The third-order valence-corrected chi connectivity index (χ3v) is 5.17. The van der Waals surface area contributed by atoms with Gasteiger partial charge < -0.3 is 5.73 Å². The highest BCUT2D eigenvalue weighted by atomic mass is 32.1. The zero-order chi connectivity index (χ0) is 13.5. The average Bonchev–Trinajstić information content (AvgIpc) is 3.04. The Hall–Kier alpha value is -0.910. The predicted octanol–water partition coefficient (Wildman–Crippen LogP) is 2.14. The van der Waals surface area contributed by atoms with Crippen molar-refractivity contribution in [3.63, 3.8) is 0 Å². The van der Waals surface area contributed by atoms with Crippen molar-refractivity contribution in [3.05, 3.63) is 23.5 Å². The van der Waals surface area contributed by atoms with E-state index in [1.807, 2.05) is 6.20 Å². The molecular formula is C14H22N4S. The van der Waals surface area contributed by atoms with E-state index >= 15 is 0 Å². The summed E-state index contributed by atoms with van der Waals surface area (Å²) in [5.74, 6) is 0. The minimum atomic E-state index is 0.0491. The minimum absolute atomic E-state index is 0.0491. The number of hydrogen-bond acceptors (Lipinski definition) is 4. The molecule has 5 heteroatoms. The number of nitrogens with two attached hydrogens (primary N) is 1. The lowest BCUT2D eigenvalue weighted by molar-refractivity contribution is 0.123. The third-order valence-electron chi connectivity index (χ3n) is 4.40. The van der Waals surface area contributed by atoms with Gasteiger partial charge in [-0.25, -0.2) is 4.98 Å². The Kier molecular flexibility index (Phi) is 3.37. The van der Waals surface area contributed by atoms with Crippen molar-refractivity contribution in [1.29, 1.82) is 0 Å². The first kappa shape index (κ1) is 13.1. The maximum atomic E-state index is 6.47. The van der Waals surface area contributed by atoms with Crippen molar-refractivity contribution in [2.75, 3.05) is 13.1 Å². The molecule has 0 aromatic carbocycles. The Bertz CT molecular complexity index is 522. The SMILES string of the molecule is CC(C)(C(N)Cc1cn2ccsc2n1)N1CCCC1. The van der Waals surface area contributed by atoms with Crippen LogP contribution in [0.3, 0.4) is 0 Å². The van der Waals surface area contributed by atoms with Gasteiger partial charge in [0.05, 0.1) is 5.69 Å². The quantitative estimate of drug-likeness (QED) is 0.932. The fraction of sp³-hybridized carbons (Fsp3) is 0.643. The zero-order valence-corrected chi connectivity index (χ0v) is 12.5. The number of thiazole rings is 1. The summed E-state index contributed by atoms with van der Waals surface area (Å²) in [4.78, 5) is 8.22. The van der Waals surface area contributed by atoms with Gasteiger partial charge in [-0.15, -0.1) is 11.3 Å². The molecule has 0 spiro atoms. The van der Waals surface area contributed by atoms with Crippen molar-refractivity contribution >= 4 is 16.3 Å². The number of likely N-dealkylation sites (tertiary alicyclic amines) is 1. The Morgan fingerprint density at radius 1 is 1.42 bits per heavy atom. The average molecular weight is 278 g/mol. The van der Waals surface area contributed by atoms with Crippen LogP contribution in [0, 0.1) is 0 Å². The smallest absolute Gasteiger partial charge is 0.193 e. The fourth-order valence-corrected chi connectivity index (χ4v) is 3.60. The van der Waals surface area contributed by atoms with Gasteiger partial charge in [-0.2, -0.15) is 0 Å². The van der Waals surface area contributed by atoms with Crippen LogP contribution in [0.4, 0.5) is 0 Å². The van der Waals surface area contributed by atoms with E-state index in [4.69, 9.17) is 5.73 Å². The first-order valence-corrected chi connectivity index (χ1v) is 7.87. The Morgan fingerprint density at radius 2 is 2.16 bits per heavy atom. The van der Waals surface area contributed by atoms with Gasteiger partial charge in [0.25, 0.3) is 0 Å². The molecule has 2 N–H and O–H groups in total. The second-order valence-corrected chi connectivity index (χ2v) is 6.86. The lowest BCUT2D eigenvalue weighted by Gasteiger charge is -2.40. The molecule has 4 nitrogen and oxygen atoms in total. The van der Waals surface area contributed by atoms with Crippen LogP contribution in [0.25, 0.3) is 4.96 Å². The topological polar surface area (TPSA) is 46.6 Å². The number of nitrogens with zero attached hydrogens (tertiary/aromatic N) is 3. The summed E-state index contributed by atoms with van der Waals surface area (Å²) in [6, 6.07) is 0.121. The van der Waals surface area contributed by atoms with E-state index < -0.39 is 0 Å². The van der Waals surface area contributed by atoms with Crippen LogP contribution in [0.5, 0.6) is 0 Å². The van der Waals surface area contributed by atoms with Crippen molar-refractivity contribution in [3.8, 4) is 0 Å². The second-order valence-electron chi connectivity index (χ2n) is 5.98. The number of fused-ring (bicyclic) bond motifs is 1. The summed E-state index contributed by atoms with van der Waals surface area (Å²) >= 11 is 1.67. The van der Waals surface area contributed by atoms with Gasteiger partial charge >= 0.3 is 0 Å². The molecule has 0 aliphatic carbocycles. The largest absolute Gasteiger partial charge is 0.326 e. The van der Waals surface area contributed by atoms with Gasteiger partial charge in [0.2, 0.25) is 0 Å². The molecule has 0 saturated carbocycles. The maximum absolute atomic E-state index is 6.47. The van der Waals surface area contributed by atoms with E-state index in [2.05, 4.69) is 39.7 Å². The van der Waals surface area contributed by atoms with Crippen molar-refractivity contribution < 1.29 is 0 Å². The highest BCUT2D eigenvalue weighted by Gasteiger charge is 2.34. The van der Waals surface area contributed by atoms with E-state index in [0.29, 0.717) is 0 Å². The molecule has 0 amide bonds. The van der Waals surface area contributed by atoms with Gasteiger partial charge in [0.1, 0.15) is 0 Å². The lowest BCUT2D eigenvalue weighted by atomic mass is 9.90. The van der Waals surface area contributed by atoms with Gasteiger partial charge in [-0.05, 0) is 39.8 Å². The summed E-state index contributed by atoms with van der Waals surface area (Å²) in [6.07, 6.45) is 7.60. The van der Waals surface area contributed by atoms with Crippen LogP contribution in [-0.4, -0.2) is 39.0 Å². The number of imidazole rings is 1. The van der Waals surface area contributed by atoms with E-state index in [9.17, 15) is 0 Å². The fourth-order valence-electron chi connectivity index (χ4n) is 2.88. The Morgan fingerprint density at radius 3 is 2.84 bits per heavy atom. The van der Waals surface area contributed by atoms with E-state index in [1.165, 1.54) is 25.9 Å². The number of rotatable bonds is 4. The third kappa shape index (κ3) is 2.42. The summed E-state index contributed by atoms with van der Waals surface area (Å²) in [7, 11) is 0. The molecule has 3 heterocycles. The van der Waals surface area contributed by atoms with Crippen LogP contribution in [0.15, 0.2) is 17.8 Å². The molecule has 1 aliphatic rings. The first-order chi connectivity index (χ1) is 9.07. The monoisotopic (exact) mass is 278 g/mol. The standard InChI is InChI=1S/C14H22N4S/c1-14(2,18-5-3-4-6-18)12(15)9-11-10-17-7-8-19-13(17)16-11/h7-8,10,12H,3-6,9,15H2,1-2H3. The van der Waals surface area contributed by atoms with Crippen LogP contribution in [0.2, 0.25) is 0 Å². The molecule has 0 bridgehead atoms. The summed E-state index contributed by atoms with van der Waals surface area (Å²) in [6.45, 7) is 6.89. The number of aromatic nitrogens is 2. The maximum Gasteiger partial charge on any atom is 0.193 e. The lowest BCUT2D eigenvalue weighted by Crippen LogP contribution is -2.56. The van der Waals surface area contributed by atoms with Gasteiger partial charge in [0, 0.05) is 35.8 Å². The molecule has 0 radical (unpaired) electrons. The molecule has 1 unspecified atom stereocenters. The minimum Gasteiger partial charge on any atom is -0.326 e. The van der Waals surface area contributed by atoms with E-state index in [0.717, 1.165) is 17.1 Å². The Balaban J connectivity index is 1.72. The molecule has 1 saturated heterocycles. The molecular weight excluding hydrogens is 256 g/mol. The highest BCUT2D eigenvalue weighted by Crippen LogP contribution is 2.25. The molecule has 3 rings (SSSR count). The van der Waals surface area contributed by atoms with Crippen LogP contribution in [-0.2, 0) is 6.42 Å². The number of hydrogen-bond donors (Lipinski definition) is 1. The van der Waals surface area contributed by atoms with Crippen LogP contribution in [0.1, 0.15) is 32.4 Å². The zero-order valence-electron chi connectivity index (χ0n) is 11.7.